The lowest BCUT2D eigenvalue weighted by atomic mass is 9.94. The molecule has 0 saturated heterocycles. The monoisotopic (exact) mass is 410 g/mol. The highest BCUT2D eigenvalue weighted by atomic mass is 35.5. The Balaban J connectivity index is 1.55. The number of nitrogens with one attached hydrogen (secondary N) is 1. The van der Waals surface area contributed by atoms with Gasteiger partial charge in [0.1, 0.15) is 0 Å². The van der Waals surface area contributed by atoms with Gasteiger partial charge in [0.05, 0.1) is 11.3 Å². The molecule has 0 atom stereocenters. The molecule has 1 aliphatic rings. The molecule has 0 saturated carbocycles. The molecule has 28 heavy (non-hydrogen) atoms. The SMILES string of the molecule is CCc1ccc(NC(=O)CSc2c3c(nc4cc(Cl)ccc24)CCCC3)cc1. The first-order valence-corrected chi connectivity index (χ1v) is 11.1. The summed E-state index contributed by atoms with van der Waals surface area (Å²) in [7, 11) is 0. The van der Waals surface area contributed by atoms with Crippen molar-refractivity contribution in [3.63, 3.8) is 0 Å². The van der Waals surface area contributed by atoms with Crippen molar-refractivity contribution in [3.05, 3.63) is 64.3 Å². The molecule has 1 aromatic heterocycles. The Bertz CT molecular complexity index is 1020. The van der Waals surface area contributed by atoms with Crippen LogP contribution in [0.1, 0.15) is 36.6 Å². The summed E-state index contributed by atoms with van der Waals surface area (Å²) < 4.78 is 0. The van der Waals surface area contributed by atoms with Crippen LogP contribution in [0.25, 0.3) is 10.9 Å². The highest BCUT2D eigenvalue weighted by Crippen LogP contribution is 2.36. The van der Waals surface area contributed by atoms with E-state index in [0.717, 1.165) is 35.9 Å². The number of aromatic nitrogens is 1. The topological polar surface area (TPSA) is 42.0 Å². The van der Waals surface area contributed by atoms with Gasteiger partial charge in [0.15, 0.2) is 0 Å². The van der Waals surface area contributed by atoms with E-state index in [0.29, 0.717) is 10.8 Å². The van der Waals surface area contributed by atoms with Crippen LogP contribution in [-0.2, 0) is 24.1 Å². The molecule has 1 N–H and O–H groups in total. The van der Waals surface area contributed by atoms with Crippen LogP contribution < -0.4 is 5.32 Å². The first kappa shape index (κ1) is 19.3. The molecule has 0 radical (unpaired) electrons. The van der Waals surface area contributed by atoms with Gasteiger partial charge in [-0.25, -0.2) is 0 Å². The van der Waals surface area contributed by atoms with Crippen molar-refractivity contribution in [1.82, 2.24) is 4.98 Å². The third kappa shape index (κ3) is 4.18. The molecule has 0 unspecified atom stereocenters. The molecule has 0 bridgehead atoms. The van der Waals surface area contributed by atoms with Gasteiger partial charge in [-0.05, 0) is 67.5 Å². The number of anilines is 1. The highest BCUT2D eigenvalue weighted by molar-refractivity contribution is 8.00. The Morgan fingerprint density at radius 2 is 1.93 bits per heavy atom. The number of pyridine rings is 1. The van der Waals surface area contributed by atoms with Crippen molar-refractivity contribution < 1.29 is 4.79 Å². The third-order valence-corrected chi connectivity index (χ3v) is 6.56. The number of thioether (sulfide) groups is 1. The van der Waals surface area contributed by atoms with E-state index in [1.165, 1.54) is 34.6 Å². The summed E-state index contributed by atoms with van der Waals surface area (Å²) in [5.74, 6) is 0.390. The van der Waals surface area contributed by atoms with Crippen LogP contribution in [-0.4, -0.2) is 16.6 Å². The zero-order valence-corrected chi connectivity index (χ0v) is 17.5. The van der Waals surface area contributed by atoms with Gasteiger partial charge in [0.2, 0.25) is 5.91 Å². The summed E-state index contributed by atoms with van der Waals surface area (Å²) in [5, 5.41) is 4.79. The second kappa shape index (κ2) is 8.54. The third-order valence-electron chi connectivity index (χ3n) is 5.17. The second-order valence-corrected chi connectivity index (χ2v) is 8.54. The van der Waals surface area contributed by atoms with Crippen LogP contribution in [0.15, 0.2) is 47.4 Å². The van der Waals surface area contributed by atoms with Gasteiger partial charge < -0.3 is 5.32 Å². The molecule has 5 heteroatoms. The summed E-state index contributed by atoms with van der Waals surface area (Å²) in [4.78, 5) is 18.6. The van der Waals surface area contributed by atoms with Crippen LogP contribution in [0.5, 0.6) is 0 Å². The Labute approximate surface area is 174 Å². The Kier molecular flexibility index (Phi) is 5.88. The molecule has 3 aromatic rings. The molecular formula is C23H23ClN2OS. The van der Waals surface area contributed by atoms with Gasteiger partial charge in [-0.1, -0.05) is 36.7 Å². The first-order chi connectivity index (χ1) is 13.6. The minimum Gasteiger partial charge on any atom is -0.325 e. The fourth-order valence-corrected chi connectivity index (χ4v) is 4.91. The number of benzene rings is 2. The predicted octanol–water partition coefficient (Wildman–Crippen LogP) is 6.06. The number of hydrogen-bond donors (Lipinski definition) is 1. The maximum Gasteiger partial charge on any atom is 0.234 e. The number of amides is 1. The second-order valence-electron chi connectivity index (χ2n) is 7.12. The summed E-state index contributed by atoms with van der Waals surface area (Å²) >= 11 is 7.79. The largest absolute Gasteiger partial charge is 0.325 e. The van der Waals surface area contributed by atoms with E-state index in [-0.39, 0.29) is 5.91 Å². The summed E-state index contributed by atoms with van der Waals surface area (Å²) in [6.07, 6.45) is 5.38. The molecule has 2 aromatic carbocycles. The molecule has 0 aliphatic heterocycles. The molecule has 1 aliphatic carbocycles. The van der Waals surface area contributed by atoms with Crippen LogP contribution in [0.2, 0.25) is 5.02 Å². The zero-order valence-electron chi connectivity index (χ0n) is 15.9. The molecule has 3 nitrogen and oxygen atoms in total. The standard InChI is InChI=1S/C23H23ClN2OS/c1-2-15-7-10-17(11-8-15)25-22(27)14-28-23-18-5-3-4-6-20(18)26-21-13-16(24)9-12-19(21)23/h7-13H,2-6,14H2,1H3,(H,25,27). The molecule has 1 amide bonds. The maximum atomic E-state index is 12.5. The van der Waals surface area contributed by atoms with Crippen molar-refractivity contribution >= 4 is 45.9 Å². The van der Waals surface area contributed by atoms with Crippen molar-refractivity contribution in [2.24, 2.45) is 0 Å². The fraction of sp³-hybridized carbons (Fsp3) is 0.304. The molecule has 4 rings (SSSR count). The zero-order chi connectivity index (χ0) is 19.5. The minimum atomic E-state index is 0.0118. The lowest BCUT2D eigenvalue weighted by Gasteiger charge is -2.20. The number of nitrogens with zero attached hydrogens (tertiary/aromatic N) is 1. The molecule has 0 fully saturated rings. The number of carbonyl (C=O) groups excluding carboxylic acids is 1. The van der Waals surface area contributed by atoms with Crippen molar-refractivity contribution in [3.8, 4) is 0 Å². The van der Waals surface area contributed by atoms with Gasteiger partial charge in [-0.2, -0.15) is 0 Å². The maximum absolute atomic E-state index is 12.5. The van der Waals surface area contributed by atoms with Crippen LogP contribution >= 0.6 is 23.4 Å². The van der Waals surface area contributed by atoms with Crippen LogP contribution in [0.4, 0.5) is 5.69 Å². The lowest BCUT2D eigenvalue weighted by Crippen LogP contribution is -2.15. The van der Waals surface area contributed by atoms with E-state index in [1.807, 2.05) is 30.3 Å². The van der Waals surface area contributed by atoms with Gasteiger partial charge in [-0.15, -0.1) is 11.8 Å². The quantitative estimate of drug-likeness (QED) is 0.520. The van der Waals surface area contributed by atoms with Crippen LogP contribution in [0.3, 0.4) is 0 Å². The van der Waals surface area contributed by atoms with Crippen molar-refractivity contribution in [2.45, 2.75) is 43.9 Å². The molecular weight excluding hydrogens is 388 g/mol. The molecule has 144 valence electrons. The van der Waals surface area contributed by atoms with E-state index in [4.69, 9.17) is 16.6 Å². The summed E-state index contributed by atoms with van der Waals surface area (Å²) in [6, 6.07) is 13.9. The van der Waals surface area contributed by atoms with Crippen molar-refractivity contribution in [1.29, 1.82) is 0 Å². The van der Waals surface area contributed by atoms with Gasteiger partial charge in [0.25, 0.3) is 0 Å². The number of aryl methyl sites for hydroxylation is 2. The highest BCUT2D eigenvalue weighted by Gasteiger charge is 2.19. The minimum absolute atomic E-state index is 0.0118. The predicted molar refractivity (Wildman–Crippen MR) is 119 cm³/mol. The van der Waals surface area contributed by atoms with E-state index in [2.05, 4.69) is 24.4 Å². The van der Waals surface area contributed by atoms with E-state index >= 15 is 0 Å². The van der Waals surface area contributed by atoms with Gasteiger partial charge in [-0.3, -0.25) is 9.78 Å². The van der Waals surface area contributed by atoms with Crippen molar-refractivity contribution in [2.75, 3.05) is 11.1 Å². The average molecular weight is 411 g/mol. The van der Waals surface area contributed by atoms with E-state index < -0.39 is 0 Å². The number of halogens is 1. The Hall–Kier alpha value is -2.04. The number of rotatable bonds is 5. The summed E-state index contributed by atoms with van der Waals surface area (Å²) in [5.41, 5.74) is 5.51. The van der Waals surface area contributed by atoms with E-state index in [1.54, 1.807) is 11.8 Å². The van der Waals surface area contributed by atoms with Gasteiger partial charge in [0, 0.05) is 26.7 Å². The number of hydrogen-bond acceptors (Lipinski definition) is 3. The molecule has 0 spiro atoms. The normalized spacial score (nSPS) is 13.4. The smallest absolute Gasteiger partial charge is 0.234 e. The Morgan fingerprint density at radius 1 is 1.14 bits per heavy atom. The molecule has 1 heterocycles. The Morgan fingerprint density at radius 3 is 2.71 bits per heavy atom. The van der Waals surface area contributed by atoms with Gasteiger partial charge >= 0.3 is 0 Å². The summed E-state index contributed by atoms with van der Waals surface area (Å²) in [6.45, 7) is 2.12. The van der Waals surface area contributed by atoms with E-state index in [9.17, 15) is 4.79 Å². The fourth-order valence-electron chi connectivity index (χ4n) is 3.68. The van der Waals surface area contributed by atoms with Crippen LogP contribution in [0, 0.1) is 0 Å². The number of carbonyl (C=O) groups is 1. The number of fused-ring (bicyclic) bond motifs is 2. The first-order valence-electron chi connectivity index (χ1n) is 9.76. The lowest BCUT2D eigenvalue weighted by molar-refractivity contribution is -0.113. The average Bonchev–Trinajstić information content (AvgIpc) is 2.71.